The number of imidazole rings is 1. The first-order valence-corrected chi connectivity index (χ1v) is 9.22. The fourth-order valence-corrected chi connectivity index (χ4v) is 4.95. The molecule has 1 aromatic rings. The Labute approximate surface area is 128 Å². The lowest BCUT2D eigenvalue weighted by Gasteiger charge is -2.39. The number of sulfonamides is 1. The Morgan fingerprint density at radius 2 is 2.10 bits per heavy atom. The van der Waals surface area contributed by atoms with Crippen molar-refractivity contribution in [3.05, 3.63) is 12.5 Å². The van der Waals surface area contributed by atoms with Gasteiger partial charge in [0.2, 0.25) is 0 Å². The second kappa shape index (κ2) is 5.63. The normalized spacial score (nSPS) is 19.9. The van der Waals surface area contributed by atoms with Crippen LogP contribution in [0.4, 0.5) is 0 Å². The lowest BCUT2D eigenvalue weighted by atomic mass is 9.97. The van der Waals surface area contributed by atoms with Crippen molar-refractivity contribution in [2.45, 2.75) is 22.6 Å². The summed E-state index contributed by atoms with van der Waals surface area (Å²) in [4.78, 5) is 4.39. The van der Waals surface area contributed by atoms with Crippen LogP contribution in [0.1, 0.15) is 12.8 Å². The van der Waals surface area contributed by atoms with Crippen LogP contribution in [0, 0.1) is 0 Å². The third-order valence-electron chi connectivity index (χ3n) is 3.66. The molecule has 2 N–H and O–H groups in total. The first-order valence-electron chi connectivity index (χ1n) is 6.15. The van der Waals surface area contributed by atoms with Gasteiger partial charge in [-0.3, -0.25) is 0 Å². The topological polar surface area (TPSA) is 81.2 Å². The van der Waals surface area contributed by atoms with E-state index in [1.54, 1.807) is 23.4 Å². The zero-order valence-electron chi connectivity index (χ0n) is 11.4. The molecule has 112 valence electrons. The molecule has 9 heteroatoms. The molecule has 0 unspecified atom stereocenters. The standard InChI is InChI=1S/C11H18N4O2S3/c1-14-7-9(13-8-14)20(16,17)15-5-3-11(19-2,4-6-15)10(12)18/h7-8H,3-6H2,1-2H3,(H2,12,18). The van der Waals surface area contributed by atoms with Gasteiger partial charge in [0.05, 0.1) is 16.1 Å². The molecule has 1 aliphatic rings. The van der Waals surface area contributed by atoms with E-state index >= 15 is 0 Å². The van der Waals surface area contributed by atoms with Crippen LogP contribution in [0.2, 0.25) is 0 Å². The quantitative estimate of drug-likeness (QED) is 0.812. The Bertz CT molecular complexity index is 603. The minimum Gasteiger partial charge on any atom is -0.392 e. The zero-order valence-corrected chi connectivity index (χ0v) is 13.9. The number of rotatable bonds is 4. The zero-order chi connectivity index (χ0) is 15.0. The van der Waals surface area contributed by atoms with Crippen LogP contribution in [-0.4, -0.2) is 51.4 Å². The summed E-state index contributed by atoms with van der Waals surface area (Å²) >= 11 is 6.74. The van der Waals surface area contributed by atoms with Gasteiger partial charge in [0.15, 0.2) is 5.03 Å². The van der Waals surface area contributed by atoms with Crippen LogP contribution in [-0.2, 0) is 17.1 Å². The highest BCUT2D eigenvalue weighted by Crippen LogP contribution is 2.36. The second-order valence-corrected chi connectivity index (χ2v) is 8.36. The van der Waals surface area contributed by atoms with Crippen molar-refractivity contribution in [3.63, 3.8) is 0 Å². The molecule has 0 aliphatic carbocycles. The molecule has 1 fully saturated rings. The Hall–Kier alpha value is -0.640. The smallest absolute Gasteiger partial charge is 0.262 e. The second-order valence-electron chi connectivity index (χ2n) is 4.84. The van der Waals surface area contributed by atoms with Crippen molar-refractivity contribution in [2.24, 2.45) is 12.8 Å². The van der Waals surface area contributed by atoms with E-state index in [2.05, 4.69) is 4.98 Å². The fourth-order valence-electron chi connectivity index (χ4n) is 2.29. The summed E-state index contributed by atoms with van der Waals surface area (Å²) in [6, 6.07) is 0. The molecule has 0 atom stereocenters. The van der Waals surface area contributed by atoms with Gasteiger partial charge in [0.1, 0.15) is 0 Å². The lowest BCUT2D eigenvalue weighted by molar-refractivity contribution is 0.332. The number of nitrogens with two attached hydrogens (primary N) is 1. The summed E-state index contributed by atoms with van der Waals surface area (Å²) in [7, 11) is -1.77. The number of aromatic nitrogens is 2. The van der Waals surface area contributed by atoms with Crippen molar-refractivity contribution in [3.8, 4) is 0 Å². The fraction of sp³-hybridized carbons (Fsp3) is 0.636. The third kappa shape index (κ3) is 2.72. The van der Waals surface area contributed by atoms with Crippen molar-refractivity contribution >= 4 is 39.0 Å². The van der Waals surface area contributed by atoms with E-state index in [0.29, 0.717) is 30.9 Å². The SMILES string of the molecule is CSC1(C(N)=S)CCN(S(=O)(=O)c2cn(C)cn2)CC1. The molecule has 0 spiro atoms. The van der Waals surface area contributed by atoms with Crippen LogP contribution < -0.4 is 5.73 Å². The molecule has 0 radical (unpaired) electrons. The largest absolute Gasteiger partial charge is 0.392 e. The maximum absolute atomic E-state index is 12.4. The van der Waals surface area contributed by atoms with Gasteiger partial charge in [-0.05, 0) is 19.1 Å². The number of aryl methyl sites for hydroxylation is 1. The van der Waals surface area contributed by atoms with Crippen molar-refractivity contribution in [1.29, 1.82) is 0 Å². The van der Waals surface area contributed by atoms with Crippen LogP contribution in [0.15, 0.2) is 17.6 Å². The number of nitrogens with zero attached hydrogens (tertiary/aromatic N) is 3. The monoisotopic (exact) mass is 334 g/mol. The molecule has 0 saturated carbocycles. The Kier molecular flexibility index (Phi) is 4.43. The van der Waals surface area contributed by atoms with Gasteiger partial charge >= 0.3 is 0 Å². The van der Waals surface area contributed by atoms with E-state index in [-0.39, 0.29) is 9.77 Å². The average Bonchev–Trinajstić information content (AvgIpc) is 2.86. The molecule has 20 heavy (non-hydrogen) atoms. The van der Waals surface area contributed by atoms with E-state index in [1.807, 2.05) is 6.26 Å². The van der Waals surface area contributed by atoms with Crippen LogP contribution in [0.25, 0.3) is 0 Å². The van der Waals surface area contributed by atoms with Gasteiger partial charge < -0.3 is 10.3 Å². The van der Waals surface area contributed by atoms with E-state index < -0.39 is 10.0 Å². The molecule has 1 aromatic heterocycles. The van der Waals surface area contributed by atoms with Gasteiger partial charge in [-0.1, -0.05) is 12.2 Å². The summed E-state index contributed by atoms with van der Waals surface area (Å²) in [6.45, 7) is 0.828. The Balaban J connectivity index is 2.16. The van der Waals surface area contributed by atoms with Crippen LogP contribution in [0.5, 0.6) is 0 Å². The maximum atomic E-state index is 12.4. The third-order valence-corrected chi connectivity index (χ3v) is 7.37. The van der Waals surface area contributed by atoms with E-state index in [0.717, 1.165) is 0 Å². The molecular weight excluding hydrogens is 316 g/mol. The van der Waals surface area contributed by atoms with Crippen molar-refractivity contribution in [2.75, 3.05) is 19.3 Å². The summed E-state index contributed by atoms with van der Waals surface area (Å²) < 4.78 is 27.7. The molecule has 2 heterocycles. The molecule has 0 bridgehead atoms. The number of thiocarbonyl (C=S) groups is 1. The summed E-state index contributed by atoms with van der Waals surface area (Å²) in [5, 5.41) is 0.0898. The molecular formula is C11H18N4O2S3. The van der Waals surface area contributed by atoms with E-state index in [9.17, 15) is 8.42 Å². The number of thioether (sulfide) groups is 1. The Morgan fingerprint density at radius 3 is 2.50 bits per heavy atom. The van der Waals surface area contributed by atoms with Crippen molar-refractivity contribution < 1.29 is 8.42 Å². The van der Waals surface area contributed by atoms with Gasteiger partial charge in [-0.25, -0.2) is 13.4 Å². The van der Waals surface area contributed by atoms with Crippen molar-refractivity contribution in [1.82, 2.24) is 13.9 Å². The molecule has 1 aliphatic heterocycles. The first kappa shape index (κ1) is 15.7. The average molecular weight is 334 g/mol. The molecule has 6 nitrogen and oxygen atoms in total. The number of hydrogen-bond donors (Lipinski definition) is 1. The van der Waals surface area contributed by atoms with Gasteiger partial charge in [-0.15, -0.1) is 0 Å². The number of piperidine rings is 1. The summed E-state index contributed by atoms with van der Waals surface area (Å²) in [6.07, 6.45) is 6.23. The highest BCUT2D eigenvalue weighted by Gasteiger charge is 2.40. The summed E-state index contributed by atoms with van der Waals surface area (Å²) in [5.74, 6) is 0. The van der Waals surface area contributed by atoms with E-state index in [1.165, 1.54) is 16.8 Å². The van der Waals surface area contributed by atoms with Crippen LogP contribution >= 0.6 is 24.0 Å². The summed E-state index contributed by atoms with van der Waals surface area (Å²) in [5.41, 5.74) is 5.81. The van der Waals surface area contributed by atoms with Crippen LogP contribution in [0.3, 0.4) is 0 Å². The van der Waals surface area contributed by atoms with Gasteiger partial charge in [0.25, 0.3) is 10.0 Å². The minimum atomic E-state index is -3.52. The maximum Gasteiger partial charge on any atom is 0.262 e. The highest BCUT2D eigenvalue weighted by atomic mass is 32.2. The Morgan fingerprint density at radius 1 is 1.50 bits per heavy atom. The predicted molar refractivity (Wildman–Crippen MR) is 84.2 cm³/mol. The molecule has 0 amide bonds. The van der Waals surface area contributed by atoms with E-state index in [4.69, 9.17) is 18.0 Å². The number of hydrogen-bond acceptors (Lipinski definition) is 5. The van der Waals surface area contributed by atoms with Gasteiger partial charge in [0, 0.05) is 26.3 Å². The molecule has 1 saturated heterocycles. The highest BCUT2D eigenvalue weighted by molar-refractivity contribution is 8.02. The molecule has 2 rings (SSSR count). The lowest BCUT2D eigenvalue weighted by Crippen LogP contribution is -2.50. The first-order chi connectivity index (χ1) is 9.32. The molecule has 0 aromatic carbocycles. The minimum absolute atomic E-state index is 0.0898. The van der Waals surface area contributed by atoms with Gasteiger partial charge in [-0.2, -0.15) is 16.1 Å². The predicted octanol–water partition coefficient (Wildman–Crippen LogP) is 0.592.